The standard InChI is InChI=1S/C30H8BF15N2/c32-14-11(15(33)21(39)26(44)20(14)38)31(12-16(34)22(40)27(45)23(41)17(12)35,13-18(36)24(42)28(46)25(43)19(13)37)48-8-2-4-10-6-5-9-3-1-7-47-29(9)30(10)48/h1-8H. The quantitative estimate of drug-likeness (QED) is 0.0700. The van der Waals surface area contributed by atoms with Crippen LogP contribution in [-0.2, 0) is 0 Å². The second kappa shape index (κ2) is 11.2. The Bertz CT molecular complexity index is 2130. The second-order valence-electron chi connectivity index (χ2n) is 10.3. The highest BCUT2D eigenvalue weighted by molar-refractivity contribution is 7.06. The monoisotopic (exact) mass is 692 g/mol. The first-order valence-electron chi connectivity index (χ1n) is 13.0. The van der Waals surface area contributed by atoms with E-state index in [1.54, 1.807) is 0 Å². The van der Waals surface area contributed by atoms with Crippen molar-refractivity contribution in [3.8, 4) is 0 Å². The highest BCUT2D eigenvalue weighted by atomic mass is 19.2. The van der Waals surface area contributed by atoms with Gasteiger partial charge in [-0.1, -0.05) is 12.1 Å². The van der Waals surface area contributed by atoms with E-state index in [2.05, 4.69) is 4.98 Å². The molecular weight excluding hydrogens is 684 g/mol. The summed E-state index contributed by atoms with van der Waals surface area (Å²) in [5, 5.41) is -0.339. The Kier molecular flexibility index (Phi) is 7.59. The number of hydrogen-bond acceptors (Lipinski definition) is 1. The van der Waals surface area contributed by atoms with E-state index in [9.17, 15) is 39.5 Å². The molecule has 0 amide bonds. The highest BCUT2D eigenvalue weighted by Gasteiger charge is 2.57. The molecule has 2 nitrogen and oxygen atoms in total. The Balaban J connectivity index is 2.13. The lowest BCUT2D eigenvalue weighted by Crippen LogP contribution is -2.88. The lowest BCUT2D eigenvalue weighted by atomic mass is 9.23. The van der Waals surface area contributed by atoms with Gasteiger partial charge in [-0.05, 0) is 40.7 Å². The zero-order valence-electron chi connectivity index (χ0n) is 22.8. The lowest BCUT2D eigenvalue weighted by molar-refractivity contribution is -0.509. The fraction of sp³-hybridized carbons (Fsp3) is 0. The predicted molar refractivity (Wildman–Crippen MR) is 138 cm³/mol. The van der Waals surface area contributed by atoms with Crippen LogP contribution >= 0.6 is 0 Å². The summed E-state index contributed by atoms with van der Waals surface area (Å²) >= 11 is 0. The summed E-state index contributed by atoms with van der Waals surface area (Å²) in [5.74, 6) is -46.1. The SMILES string of the molecule is Fc1c(F)c(F)c([B-](c2c(F)c(F)c(F)c(F)c2F)(c2c(F)c(F)c(F)c(F)c2F)[n+]2cccc3ccc4cccnc4c32)c(F)c1F. The molecule has 0 bridgehead atoms. The molecule has 0 spiro atoms. The maximum Gasteiger partial charge on any atom is 0.377 e. The molecule has 0 unspecified atom stereocenters. The number of fused-ring (bicyclic) bond motifs is 3. The molecule has 0 aliphatic heterocycles. The molecule has 0 saturated heterocycles. The minimum atomic E-state index is -6.03. The van der Waals surface area contributed by atoms with E-state index in [1.165, 1.54) is 18.2 Å². The molecular formula is C30H8BF15N2. The number of rotatable bonds is 4. The predicted octanol–water partition coefficient (Wildman–Crippen LogP) is 6.28. The van der Waals surface area contributed by atoms with Gasteiger partial charge in [0, 0.05) is 17.0 Å². The summed E-state index contributed by atoms with van der Waals surface area (Å²) in [5.41, 5.74) is -9.54. The normalized spacial score (nSPS) is 12.1. The van der Waals surface area contributed by atoms with Crippen LogP contribution in [0.4, 0.5) is 65.9 Å². The van der Waals surface area contributed by atoms with Gasteiger partial charge in [0.25, 0.3) is 0 Å². The van der Waals surface area contributed by atoms with Gasteiger partial charge in [0.2, 0.25) is 0 Å². The number of pyridine rings is 2. The van der Waals surface area contributed by atoms with Crippen LogP contribution in [0.1, 0.15) is 0 Å². The van der Waals surface area contributed by atoms with Gasteiger partial charge < -0.3 is 4.48 Å². The van der Waals surface area contributed by atoms with E-state index in [0.29, 0.717) is 6.20 Å². The van der Waals surface area contributed by atoms with Crippen molar-refractivity contribution < 1.29 is 70.3 Å². The van der Waals surface area contributed by atoms with Crippen LogP contribution in [0.5, 0.6) is 0 Å². The van der Waals surface area contributed by atoms with Crippen LogP contribution in [-0.4, -0.2) is 11.3 Å². The zero-order chi connectivity index (χ0) is 35.1. The molecule has 18 heteroatoms. The smallest absolute Gasteiger partial charge is 0.377 e. The Morgan fingerprint density at radius 1 is 0.396 bits per heavy atom. The van der Waals surface area contributed by atoms with Crippen molar-refractivity contribution >= 4 is 44.5 Å². The average Bonchev–Trinajstić information content (AvgIpc) is 3.09. The first kappa shape index (κ1) is 32.6. The summed E-state index contributed by atoms with van der Waals surface area (Å²) < 4.78 is 229. The van der Waals surface area contributed by atoms with Crippen molar-refractivity contribution in [1.82, 2.24) is 4.98 Å². The van der Waals surface area contributed by atoms with Gasteiger partial charge in [0.15, 0.2) is 57.9 Å². The minimum absolute atomic E-state index is 0.0260. The molecule has 2 aromatic heterocycles. The van der Waals surface area contributed by atoms with Crippen molar-refractivity contribution in [1.29, 1.82) is 0 Å². The van der Waals surface area contributed by atoms with Gasteiger partial charge in [-0.2, -0.15) is 0 Å². The van der Waals surface area contributed by atoms with Crippen LogP contribution in [0.3, 0.4) is 0 Å². The molecule has 0 saturated carbocycles. The van der Waals surface area contributed by atoms with Crippen LogP contribution < -0.4 is 20.9 Å². The number of benzene rings is 4. The molecule has 48 heavy (non-hydrogen) atoms. The maximum atomic E-state index is 16.0. The van der Waals surface area contributed by atoms with Crippen LogP contribution in [0.15, 0.2) is 48.8 Å². The van der Waals surface area contributed by atoms with E-state index >= 15 is 26.3 Å². The number of aromatic nitrogens is 2. The van der Waals surface area contributed by atoms with E-state index in [0.717, 1.165) is 24.4 Å². The summed E-state index contributed by atoms with van der Waals surface area (Å²) in [6, 6.07) is 6.74. The minimum Gasteiger partial charge on any atom is -0.406 e. The molecule has 246 valence electrons. The summed E-state index contributed by atoms with van der Waals surface area (Å²) in [7, 11) is 0. The fourth-order valence-corrected chi connectivity index (χ4v) is 6.00. The van der Waals surface area contributed by atoms with Crippen LogP contribution in [0.25, 0.3) is 21.8 Å². The molecule has 0 aliphatic rings. The van der Waals surface area contributed by atoms with Gasteiger partial charge in [-0.15, -0.1) is 0 Å². The Labute approximate surface area is 256 Å². The highest BCUT2D eigenvalue weighted by Crippen LogP contribution is 2.29. The van der Waals surface area contributed by atoms with Gasteiger partial charge in [-0.25, -0.2) is 70.8 Å². The Hall–Kier alpha value is -5.29. The number of nitrogens with zero attached hydrogens (tertiary/aromatic N) is 2. The molecule has 0 atom stereocenters. The van der Waals surface area contributed by atoms with E-state index in [-0.39, 0.29) is 15.3 Å². The molecule has 4 aromatic carbocycles. The Morgan fingerprint density at radius 2 is 0.729 bits per heavy atom. The van der Waals surface area contributed by atoms with Crippen molar-refractivity contribution in [3.05, 3.63) is 136 Å². The molecule has 6 rings (SSSR count). The molecule has 6 aromatic rings. The molecule has 2 heterocycles. The summed E-state index contributed by atoms with van der Waals surface area (Å²) in [6.45, 7) is 0. The third-order valence-electron chi connectivity index (χ3n) is 7.96. The maximum absolute atomic E-state index is 16.0. The molecule has 0 radical (unpaired) electrons. The largest absolute Gasteiger partial charge is 0.406 e. The summed E-state index contributed by atoms with van der Waals surface area (Å²) in [4.78, 5) is 3.95. The van der Waals surface area contributed by atoms with Gasteiger partial charge in [0.1, 0.15) is 46.6 Å². The van der Waals surface area contributed by atoms with Gasteiger partial charge in [0.05, 0.1) is 0 Å². The molecule has 0 N–H and O–H groups in total. The van der Waals surface area contributed by atoms with Crippen molar-refractivity contribution in [2.45, 2.75) is 0 Å². The summed E-state index contributed by atoms with van der Waals surface area (Å²) in [6.07, 6.45) is -4.67. The van der Waals surface area contributed by atoms with E-state index in [1.807, 2.05) is 0 Å². The zero-order valence-corrected chi connectivity index (χ0v) is 22.8. The van der Waals surface area contributed by atoms with E-state index in [4.69, 9.17) is 0 Å². The molecule has 0 fully saturated rings. The third kappa shape index (κ3) is 4.13. The molecule has 0 aliphatic carbocycles. The first-order valence-corrected chi connectivity index (χ1v) is 13.0. The van der Waals surface area contributed by atoms with Crippen LogP contribution in [0, 0.1) is 87.3 Å². The van der Waals surface area contributed by atoms with Crippen molar-refractivity contribution in [2.75, 3.05) is 0 Å². The topological polar surface area (TPSA) is 16.8 Å². The first-order chi connectivity index (χ1) is 22.6. The average molecular weight is 692 g/mol. The van der Waals surface area contributed by atoms with E-state index < -0.39 is 121 Å². The second-order valence-corrected chi connectivity index (χ2v) is 10.3. The van der Waals surface area contributed by atoms with Gasteiger partial charge >= 0.3 is 6.28 Å². The third-order valence-corrected chi connectivity index (χ3v) is 7.96. The van der Waals surface area contributed by atoms with Crippen molar-refractivity contribution in [2.24, 2.45) is 0 Å². The van der Waals surface area contributed by atoms with Crippen LogP contribution in [0.2, 0.25) is 0 Å². The number of hydrogen-bond donors (Lipinski definition) is 0. The van der Waals surface area contributed by atoms with Gasteiger partial charge in [-0.3, -0.25) is 0 Å². The lowest BCUT2D eigenvalue weighted by Gasteiger charge is -2.38. The Morgan fingerprint density at radius 3 is 1.12 bits per heavy atom. The number of halogens is 15. The fourth-order valence-electron chi connectivity index (χ4n) is 6.00. The van der Waals surface area contributed by atoms with Crippen molar-refractivity contribution in [3.63, 3.8) is 0 Å².